The van der Waals surface area contributed by atoms with Gasteiger partial charge >= 0.3 is 0 Å². The van der Waals surface area contributed by atoms with E-state index >= 15 is 0 Å². The normalized spacial score (nSPS) is 11.0. The highest BCUT2D eigenvalue weighted by Crippen LogP contribution is 2.26. The number of oxazole rings is 1. The van der Waals surface area contributed by atoms with Gasteiger partial charge in [0.15, 0.2) is 11.6 Å². The highest BCUT2D eigenvalue weighted by Gasteiger charge is 2.13. The first-order valence-electron chi connectivity index (χ1n) is 8.49. The van der Waals surface area contributed by atoms with Crippen LogP contribution in [0.25, 0.3) is 11.3 Å². The van der Waals surface area contributed by atoms with Crippen molar-refractivity contribution in [2.24, 2.45) is 0 Å². The summed E-state index contributed by atoms with van der Waals surface area (Å²) in [4.78, 5) is 4.27. The van der Waals surface area contributed by atoms with E-state index < -0.39 is 0 Å². The van der Waals surface area contributed by atoms with Crippen molar-refractivity contribution in [2.45, 2.75) is 17.5 Å². The maximum absolute atomic E-state index is 12.9. The summed E-state index contributed by atoms with van der Waals surface area (Å²) in [6.07, 6.45) is 1.65. The van der Waals surface area contributed by atoms with Crippen LogP contribution in [-0.4, -0.2) is 19.9 Å². The third-order valence-corrected chi connectivity index (χ3v) is 5.07. The zero-order chi connectivity index (χ0) is 20.2. The fraction of sp³-hybridized carbons (Fsp3) is 0.105. The first kappa shape index (κ1) is 19.3. The van der Waals surface area contributed by atoms with Gasteiger partial charge in [-0.3, -0.25) is 0 Å². The number of nitrogens with two attached hydrogens (primary N) is 1. The van der Waals surface area contributed by atoms with Gasteiger partial charge in [0.25, 0.3) is 0 Å². The second-order valence-electron chi connectivity index (χ2n) is 5.93. The quantitative estimate of drug-likeness (QED) is 0.344. The van der Waals surface area contributed by atoms with Crippen LogP contribution in [0.2, 0.25) is 5.02 Å². The minimum Gasteiger partial charge on any atom is -0.486 e. The Morgan fingerprint density at radius 2 is 2.00 bits per heavy atom. The fourth-order valence-corrected chi connectivity index (χ4v) is 3.38. The molecule has 7 nitrogen and oxygen atoms in total. The van der Waals surface area contributed by atoms with Gasteiger partial charge in [0.05, 0.1) is 11.9 Å². The first-order valence-corrected chi connectivity index (χ1v) is 9.86. The molecule has 2 heterocycles. The van der Waals surface area contributed by atoms with E-state index in [4.69, 9.17) is 26.6 Å². The van der Waals surface area contributed by atoms with Gasteiger partial charge in [-0.15, -0.1) is 10.2 Å². The Labute approximate surface area is 174 Å². The molecule has 2 N–H and O–H groups in total. The van der Waals surface area contributed by atoms with Crippen molar-refractivity contribution >= 4 is 23.4 Å². The molecule has 10 heteroatoms. The van der Waals surface area contributed by atoms with Crippen LogP contribution in [0.1, 0.15) is 11.7 Å². The van der Waals surface area contributed by atoms with Gasteiger partial charge in [-0.05, 0) is 36.4 Å². The number of halogens is 2. The molecule has 0 saturated heterocycles. The molecular formula is C19H15ClFN5O2S. The van der Waals surface area contributed by atoms with Gasteiger partial charge in [-0.25, -0.2) is 14.1 Å². The molecule has 0 unspecified atom stereocenters. The molecule has 29 heavy (non-hydrogen) atoms. The smallest absolute Gasteiger partial charge is 0.210 e. The maximum atomic E-state index is 12.9. The first-order chi connectivity index (χ1) is 14.1. The minimum atomic E-state index is -0.330. The Bertz CT molecular complexity index is 1120. The summed E-state index contributed by atoms with van der Waals surface area (Å²) in [5.74, 6) is 8.23. The summed E-state index contributed by atoms with van der Waals surface area (Å²) in [6.45, 7) is 0.105. The van der Waals surface area contributed by atoms with Gasteiger partial charge in [-0.1, -0.05) is 35.5 Å². The molecule has 2 aromatic heterocycles. The van der Waals surface area contributed by atoms with Crippen molar-refractivity contribution in [1.82, 2.24) is 19.9 Å². The van der Waals surface area contributed by atoms with E-state index in [1.807, 2.05) is 18.2 Å². The lowest BCUT2D eigenvalue weighted by molar-refractivity contribution is 0.291. The number of nitrogen functional groups attached to an aromatic ring is 1. The van der Waals surface area contributed by atoms with E-state index in [1.165, 1.54) is 40.7 Å². The van der Waals surface area contributed by atoms with Crippen LogP contribution in [0.3, 0.4) is 0 Å². The number of hydrogen-bond acceptors (Lipinski definition) is 7. The molecule has 148 valence electrons. The maximum Gasteiger partial charge on any atom is 0.210 e. The van der Waals surface area contributed by atoms with Gasteiger partial charge in [-0.2, -0.15) is 0 Å². The molecule has 0 spiro atoms. The summed E-state index contributed by atoms with van der Waals surface area (Å²) in [5, 5.41) is 9.20. The Balaban J connectivity index is 1.36. The van der Waals surface area contributed by atoms with Crippen molar-refractivity contribution in [3.63, 3.8) is 0 Å². The number of hydrogen-bond donors (Lipinski definition) is 1. The Morgan fingerprint density at radius 1 is 1.17 bits per heavy atom. The third-order valence-electron chi connectivity index (χ3n) is 3.90. The molecule has 0 bridgehead atoms. The van der Waals surface area contributed by atoms with E-state index in [0.29, 0.717) is 39.2 Å². The second kappa shape index (κ2) is 8.54. The molecule has 0 atom stereocenters. The lowest BCUT2D eigenvalue weighted by Gasteiger charge is -2.06. The van der Waals surface area contributed by atoms with Crippen molar-refractivity contribution in [3.05, 3.63) is 77.3 Å². The molecule has 0 fully saturated rings. The zero-order valence-corrected chi connectivity index (χ0v) is 16.5. The van der Waals surface area contributed by atoms with Gasteiger partial charge in [0.1, 0.15) is 18.2 Å². The van der Waals surface area contributed by atoms with Crippen LogP contribution in [0.5, 0.6) is 5.75 Å². The van der Waals surface area contributed by atoms with Crippen LogP contribution in [-0.2, 0) is 12.4 Å². The fourth-order valence-electron chi connectivity index (χ4n) is 2.46. The molecule has 0 aliphatic carbocycles. The topological polar surface area (TPSA) is 92.0 Å². The Hall–Kier alpha value is -3.04. The average Bonchev–Trinajstić information content (AvgIpc) is 3.33. The van der Waals surface area contributed by atoms with Crippen LogP contribution < -0.4 is 10.6 Å². The lowest BCUT2D eigenvalue weighted by atomic mass is 10.2. The van der Waals surface area contributed by atoms with Crippen LogP contribution >= 0.6 is 23.4 Å². The van der Waals surface area contributed by atoms with Crippen molar-refractivity contribution in [1.29, 1.82) is 0 Å². The monoisotopic (exact) mass is 431 g/mol. The summed E-state index contributed by atoms with van der Waals surface area (Å²) < 4.78 is 25.6. The molecule has 0 aliphatic heterocycles. The summed E-state index contributed by atoms with van der Waals surface area (Å²) >= 11 is 7.34. The Morgan fingerprint density at radius 3 is 2.79 bits per heavy atom. The third kappa shape index (κ3) is 4.69. The van der Waals surface area contributed by atoms with Gasteiger partial charge in [0, 0.05) is 10.6 Å². The molecule has 0 aliphatic rings. The minimum absolute atomic E-state index is 0.105. The number of rotatable bonds is 7. The van der Waals surface area contributed by atoms with Gasteiger partial charge in [0.2, 0.25) is 11.0 Å². The van der Waals surface area contributed by atoms with E-state index in [2.05, 4.69) is 15.2 Å². The lowest BCUT2D eigenvalue weighted by Crippen LogP contribution is -2.15. The summed E-state index contributed by atoms with van der Waals surface area (Å²) in [7, 11) is 0. The molecule has 4 rings (SSSR count). The molecule has 0 radical (unpaired) electrons. The van der Waals surface area contributed by atoms with Crippen molar-refractivity contribution < 1.29 is 13.5 Å². The highest BCUT2D eigenvalue weighted by molar-refractivity contribution is 7.98. The Kier molecular flexibility index (Phi) is 5.68. The summed E-state index contributed by atoms with van der Waals surface area (Å²) in [6, 6.07) is 13.0. The molecule has 0 saturated carbocycles. The number of aromatic nitrogens is 4. The molecular weight excluding hydrogens is 417 g/mol. The number of thioether (sulfide) groups is 1. The van der Waals surface area contributed by atoms with Crippen LogP contribution in [0.15, 0.2) is 64.3 Å². The summed E-state index contributed by atoms with van der Waals surface area (Å²) in [5.41, 5.74) is 0.850. The van der Waals surface area contributed by atoms with Crippen LogP contribution in [0.4, 0.5) is 4.39 Å². The molecule has 0 amide bonds. The number of ether oxygens (including phenoxy) is 1. The predicted octanol–water partition coefficient (Wildman–Crippen LogP) is 4.31. The van der Waals surface area contributed by atoms with E-state index in [0.717, 1.165) is 5.56 Å². The second-order valence-corrected chi connectivity index (χ2v) is 7.31. The van der Waals surface area contributed by atoms with E-state index in [1.54, 1.807) is 12.3 Å². The van der Waals surface area contributed by atoms with Crippen molar-refractivity contribution in [2.75, 3.05) is 5.84 Å². The highest BCUT2D eigenvalue weighted by atomic mass is 35.5. The number of benzene rings is 2. The SMILES string of the molecule is Nn1c(COc2ccc(F)cc2)nnc1SCc1ncc(-c2cccc(Cl)c2)o1. The van der Waals surface area contributed by atoms with Crippen molar-refractivity contribution in [3.8, 4) is 17.1 Å². The van der Waals surface area contributed by atoms with E-state index in [-0.39, 0.29) is 12.4 Å². The zero-order valence-electron chi connectivity index (χ0n) is 15.0. The van der Waals surface area contributed by atoms with Crippen LogP contribution in [0, 0.1) is 5.82 Å². The standard InChI is InChI=1S/C19H15ClFN5O2S/c20-13-3-1-2-12(8-13)16-9-23-18(28-16)11-29-19-25-24-17(26(19)22)10-27-15-6-4-14(21)5-7-15/h1-9H,10-11,22H2. The van der Waals surface area contributed by atoms with Gasteiger partial charge < -0.3 is 15.0 Å². The molecule has 4 aromatic rings. The molecule has 2 aromatic carbocycles. The average molecular weight is 432 g/mol. The number of nitrogens with zero attached hydrogens (tertiary/aromatic N) is 4. The predicted molar refractivity (Wildman–Crippen MR) is 107 cm³/mol. The largest absolute Gasteiger partial charge is 0.486 e. The van der Waals surface area contributed by atoms with E-state index in [9.17, 15) is 4.39 Å².